The first kappa shape index (κ1) is 18.8. The molecule has 0 saturated carbocycles. The average molecular weight is 384 g/mol. The van der Waals surface area contributed by atoms with Gasteiger partial charge in [0.25, 0.3) is 5.91 Å². The van der Waals surface area contributed by atoms with E-state index in [0.717, 1.165) is 21.5 Å². The highest BCUT2D eigenvalue weighted by Gasteiger charge is 2.14. The fraction of sp³-hybridized carbons (Fsp3) is 0.250. The Kier molecular flexibility index (Phi) is 6.38. The fourth-order valence-electron chi connectivity index (χ4n) is 2.47. The number of benzene rings is 1. The minimum absolute atomic E-state index is 0.117. The van der Waals surface area contributed by atoms with E-state index in [9.17, 15) is 9.59 Å². The Balaban J connectivity index is 1.50. The summed E-state index contributed by atoms with van der Waals surface area (Å²) in [6, 6.07) is 13.0. The van der Waals surface area contributed by atoms with Crippen molar-refractivity contribution in [2.45, 2.75) is 20.0 Å². The van der Waals surface area contributed by atoms with Crippen LogP contribution >= 0.6 is 11.3 Å². The van der Waals surface area contributed by atoms with Crippen molar-refractivity contribution in [1.82, 2.24) is 10.3 Å². The molecule has 6 nitrogen and oxygen atoms in total. The summed E-state index contributed by atoms with van der Waals surface area (Å²) in [7, 11) is 0. The topological polar surface area (TPSA) is 77.5 Å². The normalized spacial score (nSPS) is 10.6. The number of carbonyl (C=O) groups is 2. The number of fused-ring (bicyclic) bond motifs is 1. The standard InChI is InChI=1S/C20H20N2O4S/c1-2-25-16-8-10-21-15-12-17(27-19(15)16)20(24)22-11-9-18(23)26-13-14-6-4-3-5-7-14/h3-8,10,12H,2,9,11,13H2,1H3,(H,22,24). The zero-order chi connectivity index (χ0) is 19.1. The van der Waals surface area contributed by atoms with Crippen molar-refractivity contribution in [3.8, 4) is 5.75 Å². The second-order valence-electron chi connectivity index (χ2n) is 5.72. The lowest BCUT2D eigenvalue weighted by molar-refractivity contribution is -0.144. The van der Waals surface area contributed by atoms with Crippen molar-refractivity contribution in [2.75, 3.05) is 13.2 Å². The summed E-state index contributed by atoms with van der Waals surface area (Å²) in [6.45, 7) is 2.90. The summed E-state index contributed by atoms with van der Waals surface area (Å²) in [4.78, 5) is 28.9. The Morgan fingerprint density at radius 2 is 2.00 bits per heavy atom. The molecule has 0 aliphatic heterocycles. The van der Waals surface area contributed by atoms with E-state index in [0.29, 0.717) is 11.5 Å². The number of ether oxygens (including phenoxy) is 2. The lowest BCUT2D eigenvalue weighted by Crippen LogP contribution is -2.25. The number of carbonyl (C=O) groups excluding carboxylic acids is 2. The van der Waals surface area contributed by atoms with Crippen molar-refractivity contribution >= 4 is 33.4 Å². The largest absolute Gasteiger partial charge is 0.492 e. The molecule has 7 heteroatoms. The van der Waals surface area contributed by atoms with Crippen LogP contribution in [0.1, 0.15) is 28.6 Å². The van der Waals surface area contributed by atoms with Crippen LogP contribution in [0.5, 0.6) is 5.75 Å². The van der Waals surface area contributed by atoms with Gasteiger partial charge < -0.3 is 14.8 Å². The molecule has 2 aromatic heterocycles. The van der Waals surface area contributed by atoms with E-state index in [2.05, 4.69) is 10.3 Å². The van der Waals surface area contributed by atoms with Crippen molar-refractivity contribution in [2.24, 2.45) is 0 Å². The smallest absolute Gasteiger partial charge is 0.307 e. The monoisotopic (exact) mass is 384 g/mol. The second kappa shape index (κ2) is 9.14. The highest BCUT2D eigenvalue weighted by atomic mass is 32.1. The number of pyridine rings is 1. The number of esters is 1. The summed E-state index contributed by atoms with van der Waals surface area (Å²) in [6.07, 6.45) is 1.77. The Bertz CT molecular complexity index is 924. The third kappa shape index (κ3) is 5.04. The molecular formula is C20H20N2O4S. The first-order valence-corrected chi connectivity index (χ1v) is 9.48. The summed E-state index contributed by atoms with van der Waals surface area (Å²) in [5, 5.41) is 2.74. The molecule has 0 atom stereocenters. The predicted molar refractivity (Wildman–Crippen MR) is 104 cm³/mol. The van der Waals surface area contributed by atoms with Gasteiger partial charge in [0.1, 0.15) is 12.4 Å². The number of hydrogen-bond acceptors (Lipinski definition) is 6. The second-order valence-corrected chi connectivity index (χ2v) is 6.77. The molecule has 0 saturated heterocycles. The highest BCUT2D eigenvalue weighted by molar-refractivity contribution is 7.21. The third-order valence-electron chi connectivity index (χ3n) is 3.76. The summed E-state index contributed by atoms with van der Waals surface area (Å²) < 4.78 is 11.6. The Labute approximate surface area is 161 Å². The molecule has 0 aliphatic carbocycles. The van der Waals surface area contributed by atoms with Crippen LogP contribution in [-0.2, 0) is 16.1 Å². The van der Waals surface area contributed by atoms with Gasteiger partial charge in [0, 0.05) is 12.7 Å². The quantitative estimate of drug-likeness (QED) is 0.601. The minimum Gasteiger partial charge on any atom is -0.492 e. The number of amides is 1. The van der Waals surface area contributed by atoms with E-state index in [1.54, 1.807) is 18.3 Å². The van der Waals surface area contributed by atoms with Crippen LogP contribution < -0.4 is 10.1 Å². The molecule has 0 bridgehead atoms. The Morgan fingerprint density at radius 3 is 2.78 bits per heavy atom. The molecule has 2 heterocycles. The van der Waals surface area contributed by atoms with Gasteiger partial charge in [-0.25, -0.2) is 0 Å². The molecular weight excluding hydrogens is 364 g/mol. The summed E-state index contributed by atoms with van der Waals surface area (Å²) in [5.41, 5.74) is 1.65. The molecule has 3 aromatic rings. The van der Waals surface area contributed by atoms with Gasteiger partial charge in [0.2, 0.25) is 0 Å². The van der Waals surface area contributed by atoms with Gasteiger partial charge in [-0.15, -0.1) is 11.3 Å². The third-order valence-corrected chi connectivity index (χ3v) is 4.89. The number of rotatable bonds is 8. The molecule has 27 heavy (non-hydrogen) atoms. The van der Waals surface area contributed by atoms with Crippen LogP contribution in [0.25, 0.3) is 10.2 Å². The molecule has 3 rings (SSSR count). The molecule has 0 spiro atoms. The zero-order valence-corrected chi connectivity index (χ0v) is 15.8. The van der Waals surface area contributed by atoms with Crippen molar-refractivity contribution in [1.29, 1.82) is 0 Å². The molecule has 0 fully saturated rings. The van der Waals surface area contributed by atoms with Gasteiger partial charge in [-0.3, -0.25) is 14.6 Å². The number of nitrogens with zero attached hydrogens (tertiary/aromatic N) is 1. The molecule has 0 radical (unpaired) electrons. The average Bonchev–Trinajstić information content (AvgIpc) is 3.13. The van der Waals surface area contributed by atoms with Gasteiger partial charge in [-0.05, 0) is 24.6 Å². The van der Waals surface area contributed by atoms with Crippen LogP contribution in [0.15, 0.2) is 48.7 Å². The maximum Gasteiger partial charge on any atom is 0.307 e. The molecule has 0 aliphatic rings. The Hall–Kier alpha value is -2.93. The lowest BCUT2D eigenvalue weighted by Gasteiger charge is -2.06. The van der Waals surface area contributed by atoms with Crippen LogP contribution in [0.4, 0.5) is 0 Å². The van der Waals surface area contributed by atoms with E-state index >= 15 is 0 Å². The lowest BCUT2D eigenvalue weighted by atomic mass is 10.2. The fourth-order valence-corrected chi connectivity index (χ4v) is 3.47. The SMILES string of the molecule is CCOc1ccnc2cc(C(=O)NCCC(=O)OCc3ccccc3)sc12. The summed E-state index contributed by atoms with van der Waals surface area (Å²) >= 11 is 1.32. The van der Waals surface area contributed by atoms with Crippen LogP contribution in [0.2, 0.25) is 0 Å². The number of hydrogen-bond donors (Lipinski definition) is 1. The molecule has 0 unspecified atom stereocenters. The van der Waals surface area contributed by atoms with Gasteiger partial charge in [0.15, 0.2) is 0 Å². The first-order chi connectivity index (χ1) is 13.2. The first-order valence-electron chi connectivity index (χ1n) is 8.66. The van der Waals surface area contributed by atoms with E-state index in [-0.39, 0.29) is 31.4 Å². The molecule has 140 valence electrons. The van der Waals surface area contributed by atoms with Gasteiger partial charge in [0.05, 0.1) is 28.1 Å². The zero-order valence-electron chi connectivity index (χ0n) is 14.9. The predicted octanol–water partition coefficient (Wildman–Crippen LogP) is 3.56. The summed E-state index contributed by atoms with van der Waals surface area (Å²) in [5.74, 6) is 0.128. The maximum atomic E-state index is 12.3. The van der Waals surface area contributed by atoms with E-state index in [1.165, 1.54) is 11.3 Å². The minimum atomic E-state index is -0.351. The van der Waals surface area contributed by atoms with Gasteiger partial charge in [-0.1, -0.05) is 30.3 Å². The molecule has 1 amide bonds. The maximum absolute atomic E-state index is 12.3. The van der Waals surface area contributed by atoms with E-state index < -0.39 is 0 Å². The van der Waals surface area contributed by atoms with Crippen LogP contribution in [0.3, 0.4) is 0 Å². The van der Waals surface area contributed by atoms with Crippen molar-refractivity contribution in [3.63, 3.8) is 0 Å². The van der Waals surface area contributed by atoms with E-state index in [1.807, 2.05) is 37.3 Å². The van der Waals surface area contributed by atoms with Crippen LogP contribution in [-0.4, -0.2) is 30.0 Å². The Morgan fingerprint density at radius 1 is 1.19 bits per heavy atom. The number of nitrogens with one attached hydrogen (secondary N) is 1. The van der Waals surface area contributed by atoms with E-state index in [4.69, 9.17) is 9.47 Å². The number of thiophene rings is 1. The van der Waals surface area contributed by atoms with Crippen molar-refractivity contribution < 1.29 is 19.1 Å². The van der Waals surface area contributed by atoms with Crippen LogP contribution in [0, 0.1) is 0 Å². The molecule has 1 aromatic carbocycles. The van der Waals surface area contributed by atoms with Gasteiger partial charge >= 0.3 is 5.97 Å². The number of aromatic nitrogens is 1. The molecule has 1 N–H and O–H groups in total. The van der Waals surface area contributed by atoms with Gasteiger partial charge in [-0.2, -0.15) is 0 Å². The highest BCUT2D eigenvalue weighted by Crippen LogP contribution is 2.32. The van der Waals surface area contributed by atoms with Crippen molar-refractivity contribution in [3.05, 3.63) is 59.1 Å².